The number of benzene rings is 3. The van der Waals surface area contributed by atoms with Crippen LogP contribution < -0.4 is 4.74 Å². The third kappa shape index (κ3) is 7.62. The van der Waals surface area contributed by atoms with Crippen LogP contribution in [-0.2, 0) is 34.3 Å². The minimum Gasteiger partial charge on any atom is -0.491 e. The second kappa shape index (κ2) is 13.2. The lowest BCUT2D eigenvalue weighted by Gasteiger charge is -2.10. The number of carbonyl (C=O) groups is 1. The van der Waals surface area contributed by atoms with E-state index >= 15 is 0 Å². The molecule has 1 aromatic heterocycles. The van der Waals surface area contributed by atoms with Gasteiger partial charge in [-0.15, -0.1) is 0 Å². The van der Waals surface area contributed by atoms with E-state index in [0.717, 1.165) is 51.6 Å². The van der Waals surface area contributed by atoms with Crippen LogP contribution in [0.4, 0.5) is 0 Å². The molecule has 4 rings (SSSR count). The van der Waals surface area contributed by atoms with Crippen LogP contribution >= 0.6 is 0 Å². The highest BCUT2D eigenvalue weighted by atomic mass is 32.2. The van der Waals surface area contributed by atoms with E-state index in [4.69, 9.17) is 4.74 Å². The molecule has 0 bridgehead atoms. The lowest BCUT2D eigenvalue weighted by molar-refractivity contribution is -0.113. The Bertz CT molecular complexity index is 1400. The fraction of sp³-hybridized carbons (Fsp3) is 0.250. The molecule has 38 heavy (non-hydrogen) atoms. The smallest absolute Gasteiger partial charge is 0.160 e. The van der Waals surface area contributed by atoms with Crippen LogP contribution in [0, 0.1) is 0 Å². The number of rotatable bonds is 12. The molecule has 0 amide bonds. The van der Waals surface area contributed by atoms with E-state index in [1.54, 1.807) is 18.6 Å². The zero-order chi connectivity index (χ0) is 26.9. The third-order valence-corrected chi connectivity index (χ3v) is 7.37. The number of imidazole rings is 1. The van der Waals surface area contributed by atoms with Crippen molar-refractivity contribution in [2.24, 2.45) is 0 Å². The van der Waals surface area contributed by atoms with Gasteiger partial charge in [0.25, 0.3) is 0 Å². The van der Waals surface area contributed by atoms with Crippen LogP contribution in [-0.4, -0.2) is 25.6 Å². The summed E-state index contributed by atoms with van der Waals surface area (Å²) in [5.74, 6) is 1.29. The summed E-state index contributed by atoms with van der Waals surface area (Å²) in [4.78, 5) is 17.6. The van der Waals surface area contributed by atoms with Crippen molar-refractivity contribution in [1.82, 2.24) is 9.55 Å². The Morgan fingerprint density at radius 2 is 1.79 bits per heavy atom. The minimum absolute atomic E-state index is 0.0166. The minimum atomic E-state index is -1.17. The van der Waals surface area contributed by atoms with Crippen molar-refractivity contribution in [3.05, 3.63) is 108 Å². The normalized spacial score (nSPS) is 12.2. The van der Waals surface area contributed by atoms with Crippen molar-refractivity contribution in [2.75, 3.05) is 0 Å². The molecule has 0 fully saturated rings. The van der Waals surface area contributed by atoms with Crippen LogP contribution in [0.15, 0.2) is 96.3 Å². The maximum absolute atomic E-state index is 12.8. The summed E-state index contributed by atoms with van der Waals surface area (Å²) >= 11 is 0. The second-order valence-corrected chi connectivity index (χ2v) is 11.0. The largest absolute Gasteiger partial charge is 0.491 e. The van der Waals surface area contributed by atoms with Gasteiger partial charge in [0, 0.05) is 24.1 Å². The number of allylic oxidation sites excluding steroid dienone is 1. The zero-order valence-corrected chi connectivity index (χ0v) is 23.0. The number of aromatic nitrogens is 2. The molecule has 0 radical (unpaired) electrons. The highest BCUT2D eigenvalue weighted by Crippen LogP contribution is 2.24. The van der Waals surface area contributed by atoms with Gasteiger partial charge >= 0.3 is 0 Å². The average Bonchev–Trinajstić information content (AvgIpc) is 3.35. The highest BCUT2D eigenvalue weighted by molar-refractivity contribution is 7.84. The van der Waals surface area contributed by atoms with Crippen LogP contribution in [0.5, 0.6) is 5.75 Å². The maximum atomic E-state index is 12.8. The topological polar surface area (TPSA) is 61.2 Å². The average molecular weight is 527 g/mol. The molecule has 196 valence electrons. The second-order valence-electron chi connectivity index (χ2n) is 9.51. The van der Waals surface area contributed by atoms with Crippen LogP contribution in [0.2, 0.25) is 0 Å². The molecule has 5 nitrogen and oxygen atoms in total. The maximum Gasteiger partial charge on any atom is 0.160 e. The summed E-state index contributed by atoms with van der Waals surface area (Å²) in [5, 5.41) is 0. The molecule has 4 aromatic rings. The summed E-state index contributed by atoms with van der Waals surface area (Å²) in [6, 6.07) is 23.6. The molecular weight excluding hydrogens is 492 g/mol. The first kappa shape index (κ1) is 27.3. The molecule has 0 saturated heterocycles. The van der Waals surface area contributed by atoms with Gasteiger partial charge < -0.3 is 9.30 Å². The Kier molecular flexibility index (Phi) is 9.44. The van der Waals surface area contributed by atoms with E-state index in [9.17, 15) is 9.00 Å². The van der Waals surface area contributed by atoms with Gasteiger partial charge in [0.15, 0.2) is 5.78 Å². The van der Waals surface area contributed by atoms with Crippen molar-refractivity contribution in [3.8, 4) is 16.9 Å². The molecule has 3 aromatic carbocycles. The van der Waals surface area contributed by atoms with Gasteiger partial charge in [-0.3, -0.25) is 9.00 Å². The van der Waals surface area contributed by atoms with Crippen molar-refractivity contribution in [2.45, 2.75) is 56.9 Å². The lowest BCUT2D eigenvalue weighted by atomic mass is 10.0. The molecular formula is C32H34N2O3S. The molecule has 0 aliphatic rings. The van der Waals surface area contributed by atoms with Crippen LogP contribution in [0.3, 0.4) is 0 Å². The molecule has 1 heterocycles. The van der Waals surface area contributed by atoms with E-state index < -0.39 is 10.8 Å². The molecule has 1 atom stereocenters. The summed E-state index contributed by atoms with van der Waals surface area (Å²) < 4.78 is 20.6. The Hall–Kier alpha value is -3.77. The van der Waals surface area contributed by atoms with Gasteiger partial charge in [0.1, 0.15) is 5.75 Å². The van der Waals surface area contributed by atoms with E-state index in [-0.39, 0.29) is 11.9 Å². The number of aryl methyl sites for hydroxylation is 1. The molecule has 0 saturated carbocycles. The molecule has 0 N–H and O–H groups in total. The summed E-state index contributed by atoms with van der Waals surface area (Å²) in [5.41, 5.74) is 5.00. The summed E-state index contributed by atoms with van der Waals surface area (Å²) in [6.45, 7) is 6.99. The van der Waals surface area contributed by atoms with E-state index in [1.165, 1.54) is 0 Å². The summed E-state index contributed by atoms with van der Waals surface area (Å²) in [6.07, 6.45) is 8.48. The predicted molar refractivity (Wildman–Crippen MR) is 154 cm³/mol. The standard InChI is InChI=1S/C32H34N2O3S/c1-4-18-34-23-33-21-29(34)22-38(36)32-16-9-26(10-17-32)20-30(35)13-8-25-6-5-7-28(19-25)27-11-14-31(15-12-27)37-24(2)3/h5-17,19,21,23-24H,4,18,20,22H2,1-3H3/b13-8+/t38-/m0/s1. The fourth-order valence-corrected chi connectivity index (χ4v) is 5.27. The van der Waals surface area contributed by atoms with E-state index in [2.05, 4.69) is 24.0 Å². The molecule has 0 aliphatic heterocycles. The SMILES string of the molecule is CCCn1cncc1C[S@](=O)c1ccc(CC(=O)/C=C/c2cccc(-c3ccc(OC(C)C)cc3)c2)cc1. The van der Waals surface area contributed by atoms with Crippen molar-refractivity contribution < 1.29 is 13.7 Å². The van der Waals surface area contributed by atoms with E-state index in [0.29, 0.717) is 12.2 Å². The molecule has 0 spiro atoms. The first-order valence-electron chi connectivity index (χ1n) is 13.0. The van der Waals surface area contributed by atoms with Crippen molar-refractivity contribution >= 4 is 22.7 Å². The Morgan fingerprint density at radius 1 is 1.03 bits per heavy atom. The zero-order valence-electron chi connectivity index (χ0n) is 22.2. The lowest BCUT2D eigenvalue weighted by Crippen LogP contribution is -2.05. The molecule has 0 aliphatic carbocycles. The Labute approximate surface area is 227 Å². The van der Waals surface area contributed by atoms with Gasteiger partial charge in [0.2, 0.25) is 0 Å². The number of carbonyl (C=O) groups excluding carboxylic acids is 1. The monoisotopic (exact) mass is 526 g/mol. The number of hydrogen-bond donors (Lipinski definition) is 0. The van der Waals surface area contributed by atoms with Crippen molar-refractivity contribution in [3.63, 3.8) is 0 Å². The van der Waals surface area contributed by atoms with Crippen LogP contribution in [0.25, 0.3) is 17.2 Å². The first-order chi connectivity index (χ1) is 18.4. The number of nitrogens with zero attached hydrogens (tertiary/aromatic N) is 2. The number of ketones is 1. The molecule has 6 heteroatoms. The number of ether oxygens (including phenoxy) is 1. The van der Waals surface area contributed by atoms with Gasteiger partial charge in [-0.1, -0.05) is 55.5 Å². The van der Waals surface area contributed by atoms with E-state index in [1.807, 2.05) is 85.2 Å². The van der Waals surface area contributed by atoms with Gasteiger partial charge in [-0.25, -0.2) is 4.98 Å². The summed E-state index contributed by atoms with van der Waals surface area (Å²) in [7, 11) is -1.17. The highest BCUT2D eigenvalue weighted by Gasteiger charge is 2.10. The fourth-order valence-electron chi connectivity index (χ4n) is 4.16. The third-order valence-electron chi connectivity index (χ3n) is 6.01. The predicted octanol–water partition coefficient (Wildman–Crippen LogP) is 6.88. The van der Waals surface area contributed by atoms with Gasteiger partial charge in [-0.05, 0) is 78.9 Å². The number of hydrogen-bond acceptors (Lipinski definition) is 4. The quantitative estimate of drug-likeness (QED) is 0.189. The van der Waals surface area contributed by atoms with Crippen LogP contribution in [0.1, 0.15) is 44.0 Å². The van der Waals surface area contributed by atoms with Gasteiger partial charge in [-0.2, -0.15) is 0 Å². The van der Waals surface area contributed by atoms with Gasteiger partial charge in [0.05, 0.1) is 34.7 Å². The van der Waals surface area contributed by atoms with Crippen molar-refractivity contribution in [1.29, 1.82) is 0 Å². The Balaban J connectivity index is 1.34. The Morgan fingerprint density at radius 3 is 2.50 bits per heavy atom. The molecule has 0 unspecified atom stereocenters. The first-order valence-corrected chi connectivity index (χ1v) is 14.3.